The normalized spacial score (nSPS) is 12.4. The molecule has 1 heterocycles. The average Bonchev–Trinajstić information content (AvgIpc) is 3.03. The van der Waals surface area contributed by atoms with Crippen LogP contribution in [0.25, 0.3) is 0 Å². The Labute approximate surface area is 134 Å². The lowest BCUT2D eigenvalue weighted by atomic mass is 10.0. The standard InChI is InChI=1S/C18H17NO4/c1-21-15-9-12(10-16(22-2)18(15)23-3)17(20)14-8-11-6-4-5-7-13(11)19-14/h4-7,9-10H,8H2,1-3H3. The maximum Gasteiger partial charge on any atom is 0.207 e. The highest BCUT2D eigenvalue weighted by atomic mass is 16.5. The van der Waals surface area contributed by atoms with E-state index in [0.717, 1.165) is 11.3 Å². The number of ketones is 1. The summed E-state index contributed by atoms with van der Waals surface area (Å²) in [5.41, 5.74) is 2.89. The first kappa shape index (κ1) is 15.1. The number of hydrogen-bond donors (Lipinski definition) is 0. The van der Waals surface area contributed by atoms with E-state index < -0.39 is 0 Å². The number of para-hydroxylation sites is 1. The smallest absolute Gasteiger partial charge is 0.207 e. The molecular formula is C18H17NO4. The molecule has 2 aromatic rings. The summed E-state index contributed by atoms with van der Waals surface area (Å²) in [7, 11) is 4.57. The molecule has 0 radical (unpaired) electrons. The first-order valence-electron chi connectivity index (χ1n) is 7.18. The topological polar surface area (TPSA) is 57.1 Å². The zero-order chi connectivity index (χ0) is 16.4. The molecule has 2 aromatic carbocycles. The number of Topliss-reactive ketones (excluding diaryl/α,β-unsaturated/α-hetero) is 1. The molecule has 0 saturated carbocycles. The Kier molecular flexibility index (Phi) is 4.02. The van der Waals surface area contributed by atoms with Gasteiger partial charge in [0.05, 0.1) is 32.7 Å². The lowest BCUT2D eigenvalue weighted by Crippen LogP contribution is -2.14. The Balaban J connectivity index is 1.98. The van der Waals surface area contributed by atoms with Gasteiger partial charge >= 0.3 is 0 Å². The summed E-state index contributed by atoms with van der Waals surface area (Å²) in [4.78, 5) is 17.2. The number of rotatable bonds is 5. The second-order valence-electron chi connectivity index (χ2n) is 5.11. The van der Waals surface area contributed by atoms with Crippen molar-refractivity contribution in [2.24, 2.45) is 4.99 Å². The predicted molar refractivity (Wildman–Crippen MR) is 87.7 cm³/mol. The van der Waals surface area contributed by atoms with Crippen molar-refractivity contribution in [3.8, 4) is 17.2 Å². The van der Waals surface area contributed by atoms with Gasteiger partial charge in [0.25, 0.3) is 0 Å². The van der Waals surface area contributed by atoms with Gasteiger partial charge in [-0.25, -0.2) is 4.99 Å². The van der Waals surface area contributed by atoms with Gasteiger partial charge in [0, 0.05) is 12.0 Å². The number of aliphatic imine (C=N–C) groups is 1. The van der Waals surface area contributed by atoms with Crippen LogP contribution < -0.4 is 14.2 Å². The number of carbonyl (C=O) groups is 1. The number of fused-ring (bicyclic) bond motifs is 1. The van der Waals surface area contributed by atoms with E-state index in [1.165, 1.54) is 21.3 Å². The monoisotopic (exact) mass is 311 g/mol. The third-order valence-corrected chi connectivity index (χ3v) is 3.79. The summed E-state index contributed by atoms with van der Waals surface area (Å²) >= 11 is 0. The Hall–Kier alpha value is -2.82. The highest BCUT2D eigenvalue weighted by Gasteiger charge is 2.24. The maximum absolute atomic E-state index is 12.8. The molecule has 0 bridgehead atoms. The maximum atomic E-state index is 12.8. The van der Waals surface area contributed by atoms with Gasteiger partial charge in [0.1, 0.15) is 0 Å². The Bertz CT molecular complexity index is 770. The third-order valence-electron chi connectivity index (χ3n) is 3.79. The third kappa shape index (κ3) is 2.65. The van der Waals surface area contributed by atoms with Crippen LogP contribution >= 0.6 is 0 Å². The van der Waals surface area contributed by atoms with Crippen LogP contribution in [0.5, 0.6) is 17.2 Å². The summed E-state index contributed by atoms with van der Waals surface area (Å²) in [5, 5.41) is 0. The minimum absolute atomic E-state index is 0.138. The van der Waals surface area contributed by atoms with E-state index in [1.807, 2.05) is 24.3 Å². The van der Waals surface area contributed by atoms with Gasteiger partial charge in [-0.3, -0.25) is 4.79 Å². The number of carbonyl (C=O) groups excluding carboxylic acids is 1. The number of benzene rings is 2. The van der Waals surface area contributed by atoms with Crippen molar-refractivity contribution in [3.63, 3.8) is 0 Å². The zero-order valence-corrected chi connectivity index (χ0v) is 13.3. The van der Waals surface area contributed by atoms with E-state index in [-0.39, 0.29) is 5.78 Å². The quantitative estimate of drug-likeness (QED) is 0.796. The molecule has 23 heavy (non-hydrogen) atoms. The van der Waals surface area contributed by atoms with Crippen molar-refractivity contribution in [1.82, 2.24) is 0 Å². The molecule has 0 spiro atoms. The van der Waals surface area contributed by atoms with Crippen LogP contribution in [-0.4, -0.2) is 32.8 Å². The van der Waals surface area contributed by atoms with Crippen LogP contribution in [0, 0.1) is 0 Å². The van der Waals surface area contributed by atoms with Crippen LogP contribution in [0.15, 0.2) is 41.4 Å². The van der Waals surface area contributed by atoms with Gasteiger partial charge in [-0.15, -0.1) is 0 Å². The summed E-state index contributed by atoms with van der Waals surface area (Å²) in [6.07, 6.45) is 0.533. The van der Waals surface area contributed by atoms with E-state index in [0.29, 0.717) is 34.9 Å². The van der Waals surface area contributed by atoms with Crippen LogP contribution in [0.1, 0.15) is 15.9 Å². The molecular weight excluding hydrogens is 294 g/mol. The molecule has 118 valence electrons. The fourth-order valence-corrected chi connectivity index (χ4v) is 2.64. The summed E-state index contributed by atoms with van der Waals surface area (Å²) in [6, 6.07) is 11.0. The molecule has 0 saturated heterocycles. The molecule has 0 N–H and O–H groups in total. The molecule has 5 heteroatoms. The first-order chi connectivity index (χ1) is 11.2. The van der Waals surface area contributed by atoms with Crippen molar-refractivity contribution < 1.29 is 19.0 Å². The lowest BCUT2D eigenvalue weighted by Gasteiger charge is -2.13. The number of ether oxygens (including phenoxy) is 3. The molecule has 0 aromatic heterocycles. The van der Waals surface area contributed by atoms with E-state index >= 15 is 0 Å². The van der Waals surface area contributed by atoms with Gasteiger partial charge in [-0.1, -0.05) is 18.2 Å². The van der Waals surface area contributed by atoms with E-state index in [1.54, 1.807) is 12.1 Å². The van der Waals surface area contributed by atoms with Crippen LogP contribution in [0.2, 0.25) is 0 Å². The van der Waals surface area contributed by atoms with Crippen LogP contribution in [-0.2, 0) is 6.42 Å². The highest BCUT2D eigenvalue weighted by molar-refractivity contribution is 6.47. The molecule has 0 aliphatic carbocycles. The van der Waals surface area contributed by atoms with Gasteiger partial charge in [-0.2, -0.15) is 0 Å². The van der Waals surface area contributed by atoms with Gasteiger partial charge in [0.2, 0.25) is 11.5 Å². The summed E-state index contributed by atoms with van der Waals surface area (Å²) in [5.74, 6) is 1.22. The lowest BCUT2D eigenvalue weighted by molar-refractivity contribution is 0.106. The second kappa shape index (κ2) is 6.12. The number of nitrogens with zero attached hydrogens (tertiary/aromatic N) is 1. The van der Waals surface area contributed by atoms with E-state index in [9.17, 15) is 4.79 Å². The molecule has 3 rings (SSSR count). The van der Waals surface area contributed by atoms with Crippen molar-refractivity contribution in [1.29, 1.82) is 0 Å². The molecule has 5 nitrogen and oxygen atoms in total. The zero-order valence-electron chi connectivity index (χ0n) is 13.3. The molecule has 1 aliphatic heterocycles. The Morgan fingerprint density at radius 2 is 1.65 bits per heavy atom. The van der Waals surface area contributed by atoms with Gasteiger partial charge < -0.3 is 14.2 Å². The van der Waals surface area contributed by atoms with Crippen molar-refractivity contribution >= 4 is 17.2 Å². The first-order valence-corrected chi connectivity index (χ1v) is 7.18. The molecule has 1 aliphatic rings. The van der Waals surface area contributed by atoms with Crippen molar-refractivity contribution in [2.75, 3.05) is 21.3 Å². The summed E-state index contributed by atoms with van der Waals surface area (Å²) < 4.78 is 15.9. The minimum atomic E-state index is -0.138. The number of hydrogen-bond acceptors (Lipinski definition) is 5. The van der Waals surface area contributed by atoms with Gasteiger partial charge in [0.15, 0.2) is 11.5 Å². The fraction of sp³-hybridized carbons (Fsp3) is 0.222. The summed E-state index contributed by atoms with van der Waals surface area (Å²) in [6.45, 7) is 0. The van der Waals surface area contributed by atoms with Gasteiger partial charge in [-0.05, 0) is 23.8 Å². The molecule has 0 unspecified atom stereocenters. The highest BCUT2D eigenvalue weighted by Crippen LogP contribution is 2.38. The molecule has 0 fully saturated rings. The fourth-order valence-electron chi connectivity index (χ4n) is 2.64. The number of methoxy groups -OCH3 is 3. The minimum Gasteiger partial charge on any atom is -0.493 e. The Morgan fingerprint density at radius 3 is 2.22 bits per heavy atom. The van der Waals surface area contributed by atoms with E-state index in [4.69, 9.17) is 14.2 Å². The van der Waals surface area contributed by atoms with E-state index in [2.05, 4.69) is 4.99 Å². The SMILES string of the molecule is COc1cc(C(=O)C2=Nc3ccccc3C2)cc(OC)c1OC. The largest absolute Gasteiger partial charge is 0.493 e. The Morgan fingerprint density at radius 1 is 1.00 bits per heavy atom. The molecule has 0 amide bonds. The molecule has 0 atom stereocenters. The van der Waals surface area contributed by atoms with Crippen LogP contribution in [0.4, 0.5) is 5.69 Å². The van der Waals surface area contributed by atoms with Crippen molar-refractivity contribution in [2.45, 2.75) is 6.42 Å². The van der Waals surface area contributed by atoms with Crippen molar-refractivity contribution in [3.05, 3.63) is 47.5 Å². The predicted octanol–water partition coefficient (Wildman–Crippen LogP) is 3.22. The second-order valence-corrected chi connectivity index (χ2v) is 5.11. The van der Waals surface area contributed by atoms with Crippen LogP contribution in [0.3, 0.4) is 0 Å². The average molecular weight is 311 g/mol.